The van der Waals surface area contributed by atoms with Gasteiger partial charge in [-0.1, -0.05) is 39.8 Å². The molecule has 0 heterocycles. The third-order valence-corrected chi connectivity index (χ3v) is 10.5. The molecule has 1 aromatic carbocycles. The van der Waals surface area contributed by atoms with Gasteiger partial charge in [0.2, 0.25) is 0 Å². The van der Waals surface area contributed by atoms with Crippen molar-refractivity contribution >= 4 is 14.1 Å². The molecular weight excluding hydrogens is 384 g/mol. The molecule has 0 fully saturated rings. The molecule has 4 atom stereocenters. The highest BCUT2D eigenvalue weighted by Gasteiger charge is 2.39. The Balaban J connectivity index is 3.08. The number of ether oxygens (including phenoxy) is 2. The van der Waals surface area contributed by atoms with E-state index < -0.39 is 20.5 Å². The first-order valence-electron chi connectivity index (χ1n) is 10.8. The van der Waals surface area contributed by atoms with Crippen molar-refractivity contribution in [3.63, 3.8) is 0 Å². The van der Waals surface area contributed by atoms with Gasteiger partial charge in [-0.25, -0.2) is 0 Å². The second-order valence-electron chi connectivity index (χ2n) is 8.08. The molecular formula is C23H40O5Si. The summed E-state index contributed by atoms with van der Waals surface area (Å²) in [6.07, 6.45) is -0.886. The Hall–Kier alpha value is -1.21. The minimum atomic E-state index is -1.95. The fourth-order valence-electron chi connectivity index (χ4n) is 3.79. The van der Waals surface area contributed by atoms with Crippen LogP contribution < -0.4 is 4.74 Å². The number of aliphatic hydroxyl groups is 1. The van der Waals surface area contributed by atoms with E-state index in [0.29, 0.717) is 13.0 Å². The Morgan fingerprint density at radius 2 is 1.62 bits per heavy atom. The number of carbonyl (C=O) groups is 1. The van der Waals surface area contributed by atoms with Gasteiger partial charge in [0, 0.05) is 0 Å². The van der Waals surface area contributed by atoms with Crippen molar-refractivity contribution in [3.05, 3.63) is 29.8 Å². The molecule has 0 radical (unpaired) electrons. The van der Waals surface area contributed by atoms with Crippen molar-refractivity contribution in [2.75, 3.05) is 7.11 Å². The summed E-state index contributed by atoms with van der Waals surface area (Å²) in [5.74, 6) is 0.761. The number of hydrogen-bond acceptors (Lipinski definition) is 5. The van der Waals surface area contributed by atoms with Crippen LogP contribution in [0.25, 0.3) is 0 Å². The highest BCUT2D eigenvalue weighted by Crippen LogP contribution is 2.30. The van der Waals surface area contributed by atoms with Crippen molar-refractivity contribution in [2.24, 2.45) is 5.92 Å². The Morgan fingerprint density at radius 3 is 2.03 bits per heavy atom. The van der Waals surface area contributed by atoms with Gasteiger partial charge in [-0.2, -0.15) is 0 Å². The van der Waals surface area contributed by atoms with Crippen LogP contribution in [0.3, 0.4) is 0 Å². The maximum atomic E-state index is 12.6. The quantitative estimate of drug-likeness (QED) is 0.427. The molecule has 0 bridgehead atoms. The molecule has 0 aliphatic heterocycles. The molecule has 0 amide bonds. The highest BCUT2D eigenvalue weighted by atomic mass is 28.4. The third kappa shape index (κ3) is 7.85. The number of benzene rings is 1. The Morgan fingerprint density at radius 1 is 1.07 bits per heavy atom. The summed E-state index contributed by atoms with van der Waals surface area (Å²) < 4.78 is 18.1. The van der Waals surface area contributed by atoms with Gasteiger partial charge in [-0.15, -0.1) is 0 Å². The average Bonchev–Trinajstić information content (AvgIpc) is 2.70. The van der Waals surface area contributed by atoms with Crippen LogP contribution in [0, 0.1) is 5.92 Å². The zero-order chi connectivity index (χ0) is 22.0. The number of hydrogen-bond donors (Lipinski definition) is 1. The predicted octanol–water partition coefficient (Wildman–Crippen LogP) is 4.97. The lowest BCUT2D eigenvalue weighted by Crippen LogP contribution is -2.50. The minimum absolute atomic E-state index is 0.0105. The van der Waals surface area contributed by atoms with Crippen LogP contribution in [0.15, 0.2) is 24.3 Å². The number of carbonyl (C=O) groups excluding carboxylic acids is 1. The van der Waals surface area contributed by atoms with Gasteiger partial charge < -0.3 is 19.0 Å². The maximum absolute atomic E-state index is 12.6. The molecule has 5 nitrogen and oxygen atoms in total. The standard InChI is InChI=1S/C23H40O5Si/c1-8-29(9-2,10-3)28-22(17(4)15-18(5)24)23(19(6)25)27-16-20-11-13-21(26-7)14-12-20/h11-14,17-18,22-24H,8-10,15-16H2,1-7H3/t17-,18+,22+,23+/m1/s1. The summed E-state index contributed by atoms with van der Waals surface area (Å²) in [6.45, 7) is 12.2. The van der Waals surface area contributed by atoms with Gasteiger partial charge in [0.25, 0.3) is 0 Å². The van der Waals surface area contributed by atoms with Crippen LogP contribution in [0.1, 0.15) is 53.5 Å². The maximum Gasteiger partial charge on any atom is 0.192 e. The van der Waals surface area contributed by atoms with E-state index in [1.807, 2.05) is 31.2 Å². The van der Waals surface area contributed by atoms with Crippen LogP contribution in [-0.2, 0) is 20.6 Å². The van der Waals surface area contributed by atoms with E-state index in [1.165, 1.54) is 0 Å². The summed E-state index contributed by atoms with van der Waals surface area (Å²) in [6, 6.07) is 10.6. The summed E-state index contributed by atoms with van der Waals surface area (Å²) in [5, 5.41) is 9.94. The van der Waals surface area contributed by atoms with Crippen molar-refractivity contribution in [2.45, 2.75) is 91.0 Å². The lowest BCUT2D eigenvalue weighted by atomic mass is 9.92. The molecule has 0 aliphatic carbocycles. The lowest BCUT2D eigenvalue weighted by Gasteiger charge is -2.39. The first-order valence-corrected chi connectivity index (χ1v) is 13.4. The molecule has 0 saturated carbocycles. The first kappa shape index (κ1) is 25.8. The fraction of sp³-hybridized carbons (Fsp3) is 0.696. The summed E-state index contributed by atoms with van der Waals surface area (Å²) in [4.78, 5) is 12.6. The van der Waals surface area contributed by atoms with Gasteiger partial charge in [0.1, 0.15) is 11.9 Å². The van der Waals surface area contributed by atoms with E-state index in [9.17, 15) is 9.90 Å². The number of Topliss-reactive ketones (excluding diaryl/α,β-unsaturated/α-hetero) is 1. The van der Waals surface area contributed by atoms with Gasteiger partial charge in [-0.3, -0.25) is 4.79 Å². The molecule has 0 aromatic heterocycles. The first-order chi connectivity index (χ1) is 13.7. The van der Waals surface area contributed by atoms with Gasteiger partial charge in [-0.05, 0) is 62.0 Å². The zero-order valence-corrected chi connectivity index (χ0v) is 20.2. The molecule has 0 unspecified atom stereocenters. The smallest absolute Gasteiger partial charge is 0.192 e. The summed E-state index contributed by atoms with van der Waals surface area (Å²) in [5.41, 5.74) is 0.976. The summed E-state index contributed by atoms with van der Waals surface area (Å²) in [7, 11) is -0.321. The Kier molecular flexibility index (Phi) is 11.1. The van der Waals surface area contributed by atoms with Crippen molar-refractivity contribution < 1.29 is 23.8 Å². The molecule has 1 rings (SSSR count). The highest BCUT2D eigenvalue weighted by molar-refractivity contribution is 6.73. The molecule has 0 spiro atoms. The third-order valence-electron chi connectivity index (χ3n) is 5.88. The van der Waals surface area contributed by atoms with Crippen LogP contribution in [0.5, 0.6) is 5.75 Å². The minimum Gasteiger partial charge on any atom is -0.497 e. The second-order valence-corrected chi connectivity index (χ2v) is 12.8. The van der Waals surface area contributed by atoms with E-state index in [2.05, 4.69) is 20.8 Å². The molecule has 0 saturated heterocycles. The van der Waals surface area contributed by atoms with Crippen LogP contribution in [0.2, 0.25) is 18.1 Å². The Bertz CT molecular complexity index is 590. The van der Waals surface area contributed by atoms with Crippen LogP contribution in [0.4, 0.5) is 0 Å². The van der Waals surface area contributed by atoms with Gasteiger partial charge in [0.15, 0.2) is 14.1 Å². The van der Waals surface area contributed by atoms with Crippen LogP contribution >= 0.6 is 0 Å². The topological polar surface area (TPSA) is 65.0 Å². The van der Waals surface area contributed by atoms with Crippen molar-refractivity contribution in [1.29, 1.82) is 0 Å². The molecule has 29 heavy (non-hydrogen) atoms. The monoisotopic (exact) mass is 424 g/mol. The molecule has 0 aliphatic rings. The Labute approximate surface area is 177 Å². The number of aliphatic hydroxyl groups excluding tert-OH is 1. The molecule has 1 aromatic rings. The zero-order valence-electron chi connectivity index (χ0n) is 19.2. The molecule has 6 heteroatoms. The molecule has 1 N–H and O–H groups in total. The van der Waals surface area contributed by atoms with E-state index in [0.717, 1.165) is 29.4 Å². The largest absolute Gasteiger partial charge is 0.497 e. The summed E-state index contributed by atoms with van der Waals surface area (Å²) >= 11 is 0. The average molecular weight is 425 g/mol. The van der Waals surface area contributed by atoms with Gasteiger partial charge in [0.05, 0.1) is 25.9 Å². The van der Waals surface area contributed by atoms with E-state index in [1.54, 1.807) is 21.0 Å². The van der Waals surface area contributed by atoms with Gasteiger partial charge >= 0.3 is 0 Å². The number of methoxy groups -OCH3 is 1. The van der Waals surface area contributed by atoms with E-state index in [-0.39, 0.29) is 17.8 Å². The normalized spacial score (nSPS) is 16.1. The molecule has 166 valence electrons. The van der Waals surface area contributed by atoms with Crippen molar-refractivity contribution in [3.8, 4) is 5.75 Å². The van der Waals surface area contributed by atoms with E-state index >= 15 is 0 Å². The lowest BCUT2D eigenvalue weighted by molar-refractivity contribution is -0.140. The second kappa shape index (κ2) is 12.5. The van der Waals surface area contributed by atoms with Crippen LogP contribution in [-0.4, -0.2) is 44.6 Å². The van der Waals surface area contributed by atoms with Crippen molar-refractivity contribution in [1.82, 2.24) is 0 Å². The predicted molar refractivity (Wildman–Crippen MR) is 120 cm³/mol. The fourth-order valence-corrected chi connectivity index (χ4v) is 6.72. The van der Waals surface area contributed by atoms with E-state index in [4.69, 9.17) is 13.9 Å². The number of rotatable bonds is 14. The SMILES string of the molecule is CC[Si](CC)(CC)O[C@@H]([C@H](C)C[C@H](C)O)[C@@H](OCc1ccc(OC)cc1)C(C)=O. The number of ketones is 1.